The predicted molar refractivity (Wildman–Crippen MR) is 118 cm³/mol. The molecule has 0 saturated heterocycles. The van der Waals surface area contributed by atoms with Crippen LogP contribution in [-0.4, -0.2) is 16.0 Å². The van der Waals surface area contributed by atoms with Gasteiger partial charge >= 0.3 is 0 Å². The number of oxazole rings is 1. The van der Waals surface area contributed by atoms with Gasteiger partial charge in [-0.15, -0.1) is 0 Å². The lowest BCUT2D eigenvalue weighted by Crippen LogP contribution is -2.23. The van der Waals surface area contributed by atoms with E-state index >= 15 is 0 Å². The second-order valence-corrected chi connectivity index (χ2v) is 8.69. The van der Waals surface area contributed by atoms with Crippen molar-refractivity contribution < 1.29 is 13.2 Å². The number of hydrogen-bond acceptors (Lipinski definition) is 4. The second-order valence-electron chi connectivity index (χ2n) is 8.69. The van der Waals surface area contributed by atoms with Gasteiger partial charge < -0.3 is 9.73 Å². The van der Waals surface area contributed by atoms with Gasteiger partial charge in [0.1, 0.15) is 17.2 Å². The van der Waals surface area contributed by atoms with Crippen molar-refractivity contribution in [2.45, 2.75) is 51.0 Å². The molecule has 31 heavy (non-hydrogen) atoms. The van der Waals surface area contributed by atoms with E-state index in [4.69, 9.17) is 4.42 Å². The number of pyridine rings is 1. The average molecular weight is 421 g/mol. The third kappa shape index (κ3) is 4.24. The molecule has 1 saturated carbocycles. The van der Waals surface area contributed by atoms with Crippen LogP contribution in [0.1, 0.15) is 50.5 Å². The van der Waals surface area contributed by atoms with E-state index in [0.717, 1.165) is 43.0 Å². The van der Waals surface area contributed by atoms with Crippen LogP contribution in [0.3, 0.4) is 0 Å². The summed E-state index contributed by atoms with van der Waals surface area (Å²) in [5.41, 5.74) is 3.18. The Kier molecular flexibility index (Phi) is 5.30. The standard InChI is InChI=1S/C25H25F2N3O/c1-15(29-25-30-23-9-7-19(27)14-24(23)31-25)12-16-2-4-17(5-3-16)20-10-11-28-22-8-6-18(26)13-21(20)22/h6-11,13-17H,2-5,12H2,1H3,(H,29,30)/t15-,16?,17?/m1/s1. The molecule has 0 radical (unpaired) electrons. The molecule has 2 heterocycles. The van der Waals surface area contributed by atoms with Crippen LogP contribution in [0.2, 0.25) is 0 Å². The summed E-state index contributed by atoms with van der Waals surface area (Å²) < 4.78 is 32.8. The highest BCUT2D eigenvalue weighted by Gasteiger charge is 2.25. The maximum Gasteiger partial charge on any atom is 0.295 e. The minimum Gasteiger partial charge on any atom is -0.423 e. The summed E-state index contributed by atoms with van der Waals surface area (Å²) in [6.45, 7) is 2.13. The number of benzene rings is 2. The highest BCUT2D eigenvalue weighted by molar-refractivity contribution is 5.82. The summed E-state index contributed by atoms with van der Waals surface area (Å²) in [7, 11) is 0. The van der Waals surface area contributed by atoms with E-state index in [-0.39, 0.29) is 17.7 Å². The van der Waals surface area contributed by atoms with Gasteiger partial charge in [0.05, 0.1) is 5.52 Å². The van der Waals surface area contributed by atoms with Crippen LogP contribution in [0.25, 0.3) is 22.0 Å². The molecule has 1 aliphatic carbocycles. The average Bonchev–Trinajstić information content (AvgIpc) is 3.15. The van der Waals surface area contributed by atoms with Crippen molar-refractivity contribution in [1.82, 2.24) is 9.97 Å². The molecular weight excluding hydrogens is 396 g/mol. The molecule has 0 unspecified atom stereocenters. The monoisotopic (exact) mass is 421 g/mol. The first kappa shape index (κ1) is 19.9. The highest BCUT2D eigenvalue weighted by Crippen LogP contribution is 2.40. The lowest BCUT2D eigenvalue weighted by molar-refractivity contribution is 0.301. The van der Waals surface area contributed by atoms with E-state index in [1.807, 2.05) is 12.3 Å². The molecule has 0 bridgehead atoms. The molecule has 4 nitrogen and oxygen atoms in total. The molecular formula is C25H25F2N3O. The normalized spacial score (nSPS) is 20.2. The minimum atomic E-state index is -0.329. The molecule has 0 amide bonds. The first-order chi connectivity index (χ1) is 15.0. The van der Waals surface area contributed by atoms with Crippen molar-refractivity contribution in [1.29, 1.82) is 0 Å². The van der Waals surface area contributed by atoms with Gasteiger partial charge in [0.15, 0.2) is 5.58 Å². The van der Waals surface area contributed by atoms with Gasteiger partial charge in [0, 0.05) is 23.7 Å². The van der Waals surface area contributed by atoms with Crippen molar-refractivity contribution in [2.24, 2.45) is 5.92 Å². The summed E-state index contributed by atoms with van der Waals surface area (Å²) in [5, 5.41) is 4.26. The van der Waals surface area contributed by atoms with Crippen molar-refractivity contribution in [3.63, 3.8) is 0 Å². The fourth-order valence-corrected chi connectivity index (χ4v) is 4.93. The molecule has 1 aliphatic rings. The summed E-state index contributed by atoms with van der Waals surface area (Å²) in [5.74, 6) is 0.520. The number of fused-ring (bicyclic) bond motifs is 2. The number of hydrogen-bond donors (Lipinski definition) is 1. The molecule has 4 aromatic rings. The molecule has 5 rings (SSSR count). The minimum absolute atomic E-state index is 0.204. The summed E-state index contributed by atoms with van der Waals surface area (Å²) in [6, 6.07) is 11.9. The third-order valence-electron chi connectivity index (χ3n) is 6.43. The molecule has 6 heteroatoms. The third-order valence-corrected chi connectivity index (χ3v) is 6.43. The van der Waals surface area contributed by atoms with Crippen LogP contribution < -0.4 is 5.32 Å². The molecule has 2 aromatic carbocycles. The number of rotatable bonds is 5. The number of nitrogens with zero attached hydrogens (tertiary/aromatic N) is 2. The molecule has 1 atom stereocenters. The van der Waals surface area contributed by atoms with Crippen molar-refractivity contribution >= 4 is 28.0 Å². The van der Waals surface area contributed by atoms with Crippen LogP contribution in [0.15, 0.2) is 53.1 Å². The molecule has 0 spiro atoms. The van der Waals surface area contributed by atoms with Crippen LogP contribution in [0.4, 0.5) is 14.8 Å². The lowest BCUT2D eigenvalue weighted by Gasteiger charge is -2.31. The largest absolute Gasteiger partial charge is 0.423 e. The SMILES string of the molecule is C[C@H](CC1CCC(c2ccnc3ccc(F)cc23)CC1)Nc1nc2ccc(F)cc2o1. The van der Waals surface area contributed by atoms with Crippen molar-refractivity contribution in [3.05, 3.63) is 65.9 Å². The fourth-order valence-electron chi connectivity index (χ4n) is 4.93. The van der Waals surface area contributed by atoms with Crippen molar-refractivity contribution in [2.75, 3.05) is 5.32 Å². The number of anilines is 1. The topological polar surface area (TPSA) is 51.0 Å². The molecule has 0 aliphatic heterocycles. The van der Waals surface area contributed by atoms with E-state index in [0.29, 0.717) is 29.0 Å². The van der Waals surface area contributed by atoms with Gasteiger partial charge in [0.2, 0.25) is 0 Å². The van der Waals surface area contributed by atoms with Crippen LogP contribution in [0, 0.1) is 17.6 Å². The Labute approximate surface area is 179 Å². The van der Waals surface area contributed by atoms with Crippen molar-refractivity contribution in [3.8, 4) is 0 Å². The van der Waals surface area contributed by atoms with Crippen LogP contribution in [0.5, 0.6) is 0 Å². The lowest BCUT2D eigenvalue weighted by atomic mass is 9.76. The van der Waals surface area contributed by atoms with E-state index in [2.05, 4.69) is 22.2 Å². The fraction of sp³-hybridized carbons (Fsp3) is 0.360. The summed E-state index contributed by atoms with van der Waals surface area (Å²) in [4.78, 5) is 8.78. The van der Waals surface area contributed by atoms with Gasteiger partial charge in [-0.1, -0.05) is 0 Å². The number of halogens is 2. The maximum atomic E-state index is 13.8. The van der Waals surface area contributed by atoms with Gasteiger partial charge in [-0.2, -0.15) is 4.98 Å². The molecule has 160 valence electrons. The first-order valence-electron chi connectivity index (χ1n) is 10.9. The molecule has 2 aromatic heterocycles. The zero-order chi connectivity index (χ0) is 21.4. The summed E-state index contributed by atoms with van der Waals surface area (Å²) in [6.07, 6.45) is 7.30. The second kappa shape index (κ2) is 8.25. The van der Waals surface area contributed by atoms with E-state index in [1.54, 1.807) is 18.2 Å². The Balaban J connectivity index is 1.20. The van der Waals surface area contributed by atoms with E-state index in [9.17, 15) is 8.78 Å². The summed E-state index contributed by atoms with van der Waals surface area (Å²) >= 11 is 0. The van der Waals surface area contributed by atoms with Gasteiger partial charge in [0.25, 0.3) is 6.01 Å². The zero-order valence-electron chi connectivity index (χ0n) is 17.4. The molecule has 1 fully saturated rings. The Hall–Kier alpha value is -3.02. The van der Waals surface area contributed by atoms with Gasteiger partial charge in [-0.05, 0) is 92.8 Å². The Bertz CT molecular complexity index is 1210. The zero-order valence-corrected chi connectivity index (χ0v) is 17.4. The predicted octanol–water partition coefficient (Wildman–Crippen LogP) is 6.82. The van der Waals surface area contributed by atoms with Crippen LogP contribution in [-0.2, 0) is 0 Å². The Morgan fingerprint density at radius 1 is 1.00 bits per heavy atom. The Morgan fingerprint density at radius 3 is 2.55 bits per heavy atom. The highest BCUT2D eigenvalue weighted by atomic mass is 19.1. The maximum absolute atomic E-state index is 13.8. The number of nitrogens with one attached hydrogen (secondary N) is 1. The Morgan fingerprint density at radius 2 is 1.74 bits per heavy atom. The smallest absolute Gasteiger partial charge is 0.295 e. The number of aromatic nitrogens is 2. The molecule has 1 N–H and O–H groups in total. The van der Waals surface area contributed by atoms with Gasteiger partial charge in [-0.3, -0.25) is 4.98 Å². The van der Waals surface area contributed by atoms with Gasteiger partial charge in [-0.25, -0.2) is 8.78 Å². The quantitative estimate of drug-likeness (QED) is 0.384. The van der Waals surface area contributed by atoms with Crippen LogP contribution >= 0.6 is 0 Å². The first-order valence-corrected chi connectivity index (χ1v) is 10.9. The van der Waals surface area contributed by atoms with E-state index < -0.39 is 0 Å². The van der Waals surface area contributed by atoms with E-state index in [1.165, 1.54) is 23.8 Å².